The number of ether oxygens (including phenoxy) is 2. The third-order valence-electron chi connectivity index (χ3n) is 9.11. The van der Waals surface area contributed by atoms with Crippen molar-refractivity contribution in [3.05, 3.63) is 119 Å². The number of amides is 4. The van der Waals surface area contributed by atoms with Crippen molar-refractivity contribution in [1.29, 1.82) is 0 Å². The Bertz CT molecular complexity index is 1910. The quantitative estimate of drug-likeness (QED) is 0.171. The number of hydroxylamine groups is 2. The van der Waals surface area contributed by atoms with Gasteiger partial charge in [0.25, 0.3) is 11.8 Å². The number of hydrogen-bond donors (Lipinski definition) is 1. The average molecular weight is 659 g/mol. The maximum absolute atomic E-state index is 12.1. The van der Waals surface area contributed by atoms with Gasteiger partial charge in [0, 0.05) is 31.1 Å². The van der Waals surface area contributed by atoms with Crippen LogP contribution in [0, 0.1) is 5.92 Å². The van der Waals surface area contributed by atoms with Crippen molar-refractivity contribution in [2.24, 2.45) is 5.92 Å². The smallest absolute Gasteiger partial charge is 0.464 e. The number of nitrogens with zero attached hydrogens (tertiary/aromatic N) is 1. The van der Waals surface area contributed by atoms with Gasteiger partial charge in [-0.1, -0.05) is 102 Å². The fraction of sp³-hybridized carbons (Fsp3) is 0.211. The Balaban J connectivity index is 0.000000154. The van der Waals surface area contributed by atoms with Crippen LogP contribution in [0.4, 0.5) is 4.79 Å². The largest absolute Gasteiger partial charge is 0.533 e. The first-order valence-corrected chi connectivity index (χ1v) is 15.9. The second-order valence-electron chi connectivity index (χ2n) is 12.0. The zero-order chi connectivity index (χ0) is 34.1. The van der Waals surface area contributed by atoms with Crippen LogP contribution in [-0.2, 0) is 38.3 Å². The molecule has 2 saturated heterocycles. The van der Waals surface area contributed by atoms with Crippen LogP contribution in [0.5, 0.6) is 0 Å². The van der Waals surface area contributed by atoms with E-state index in [1.54, 1.807) is 0 Å². The molecule has 0 aromatic heterocycles. The first-order valence-electron chi connectivity index (χ1n) is 15.9. The van der Waals surface area contributed by atoms with Gasteiger partial charge in [-0.2, -0.15) is 0 Å². The number of imide groups is 2. The zero-order valence-corrected chi connectivity index (χ0v) is 26.1. The molecule has 2 heterocycles. The molecule has 4 amide bonds. The van der Waals surface area contributed by atoms with Crippen LogP contribution in [0.25, 0.3) is 22.3 Å². The molecule has 2 fully saturated rings. The predicted octanol–water partition coefficient (Wildman–Crippen LogP) is 5.02. The van der Waals surface area contributed by atoms with E-state index in [0.29, 0.717) is 5.06 Å². The summed E-state index contributed by atoms with van der Waals surface area (Å²) >= 11 is 0. The lowest BCUT2D eigenvalue weighted by molar-refractivity contribution is -0.177. The molecule has 1 N–H and O–H groups in total. The minimum atomic E-state index is -1.05. The minimum absolute atomic E-state index is 0.0511. The molecular formula is C38H30N2O9. The highest BCUT2D eigenvalue weighted by Gasteiger charge is 2.39. The van der Waals surface area contributed by atoms with Gasteiger partial charge in [-0.05, 0) is 44.5 Å². The normalized spacial score (nSPS) is 17.4. The van der Waals surface area contributed by atoms with Crippen molar-refractivity contribution in [2.75, 3.05) is 13.2 Å². The van der Waals surface area contributed by atoms with Crippen LogP contribution in [0.15, 0.2) is 97.1 Å². The van der Waals surface area contributed by atoms with Crippen molar-refractivity contribution in [3.63, 3.8) is 0 Å². The fourth-order valence-electron chi connectivity index (χ4n) is 6.80. The van der Waals surface area contributed by atoms with Gasteiger partial charge in [0.1, 0.15) is 19.1 Å². The third kappa shape index (κ3) is 6.06. The molecule has 11 nitrogen and oxygen atoms in total. The molecule has 2 aliphatic heterocycles. The van der Waals surface area contributed by atoms with E-state index in [-0.39, 0.29) is 44.3 Å². The molecule has 246 valence electrons. The summed E-state index contributed by atoms with van der Waals surface area (Å²) in [6, 6.07) is 32.0. The minimum Gasteiger partial charge on any atom is -0.464 e. The van der Waals surface area contributed by atoms with Crippen molar-refractivity contribution >= 4 is 35.8 Å². The number of esters is 1. The molecule has 0 saturated carbocycles. The van der Waals surface area contributed by atoms with E-state index in [0.717, 1.165) is 44.5 Å². The molecule has 1 atom stereocenters. The van der Waals surface area contributed by atoms with Crippen molar-refractivity contribution < 1.29 is 43.1 Å². The van der Waals surface area contributed by atoms with Gasteiger partial charge < -0.3 is 9.47 Å². The molecule has 4 aromatic carbocycles. The summed E-state index contributed by atoms with van der Waals surface area (Å²) in [5.41, 5.74) is 8.88. The summed E-state index contributed by atoms with van der Waals surface area (Å²) in [4.78, 5) is 74.5. The molecule has 11 heteroatoms. The van der Waals surface area contributed by atoms with Gasteiger partial charge in [-0.3, -0.25) is 34.1 Å². The topological polar surface area (TPSA) is 145 Å². The first-order chi connectivity index (χ1) is 23.8. The van der Waals surface area contributed by atoms with Gasteiger partial charge in [0.2, 0.25) is 11.8 Å². The molecule has 49 heavy (non-hydrogen) atoms. The van der Waals surface area contributed by atoms with Gasteiger partial charge in [-0.15, -0.1) is 0 Å². The second-order valence-corrected chi connectivity index (χ2v) is 12.0. The summed E-state index contributed by atoms with van der Waals surface area (Å²) in [5, 5.41) is 2.61. The second kappa shape index (κ2) is 13.2. The number of benzene rings is 4. The molecule has 0 bridgehead atoms. The Labute approximate surface area is 280 Å². The third-order valence-corrected chi connectivity index (χ3v) is 9.11. The van der Waals surface area contributed by atoms with Crippen LogP contribution in [-0.4, -0.2) is 54.0 Å². The van der Waals surface area contributed by atoms with E-state index < -0.39 is 41.7 Å². The molecule has 1 unspecified atom stereocenters. The number of carbonyl (C=O) groups is 6. The highest BCUT2D eigenvalue weighted by atomic mass is 16.8. The van der Waals surface area contributed by atoms with Crippen molar-refractivity contribution in [1.82, 2.24) is 10.4 Å². The highest BCUT2D eigenvalue weighted by Crippen LogP contribution is 2.45. The van der Waals surface area contributed by atoms with Gasteiger partial charge in [0.15, 0.2) is 0 Å². The molecule has 2 aliphatic carbocycles. The standard InChI is InChI=1S/C19H15NO5.C19H15NO4/c21-17-9-10-18(22)20(17)25-19(23)24-11-16-14-7-3-1-5-12(14)13-6-2-4-8-15(13)16;21-17-9-15(18(22)20-17)19(23)24-10-16-13-7-3-1-5-11(13)12-6-2-4-8-14(12)16/h1-8,16H,9-11H2;1-8,15-16H,9-10H2,(H,20,21,22). The molecule has 4 aliphatic rings. The van der Waals surface area contributed by atoms with Crippen LogP contribution in [0.2, 0.25) is 0 Å². The molecule has 0 spiro atoms. The molecular weight excluding hydrogens is 628 g/mol. The van der Waals surface area contributed by atoms with E-state index in [2.05, 4.69) is 17.4 Å². The number of nitrogens with one attached hydrogen (secondary N) is 1. The fourth-order valence-corrected chi connectivity index (χ4v) is 6.80. The lowest BCUT2D eigenvalue weighted by atomic mass is 9.98. The van der Waals surface area contributed by atoms with E-state index in [1.165, 1.54) is 0 Å². The van der Waals surface area contributed by atoms with Gasteiger partial charge in [-0.25, -0.2) is 4.79 Å². The van der Waals surface area contributed by atoms with E-state index >= 15 is 0 Å². The molecule has 4 aromatic rings. The van der Waals surface area contributed by atoms with E-state index in [1.807, 2.05) is 84.9 Å². The average Bonchev–Trinajstić information content (AvgIpc) is 3.83. The Morgan fingerprint density at radius 1 is 0.612 bits per heavy atom. The van der Waals surface area contributed by atoms with Gasteiger partial charge in [0.05, 0.1) is 0 Å². The summed E-state index contributed by atoms with van der Waals surface area (Å²) < 4.78 is 10.6. The van der Waals surface area contributed by atoms with Crippen molar-refractivity contribution in [2.45, 2.75) is 31.1 Å². The Morgan fingerprint density at radius 2 is 1.02 bits per heavy atom. The summed E-state index contributed by atoms with van der Waals surface area (Å²) in [6.07, 6.45) is -1.08. The SMILES string of the molecule is O=C(OCC1c2ccccc2-c2ccccc21)ON1C(=O)CCC1=O.O=C1CC(C(=O)OCC2c3ccccc3-c3ccccc32)C(=O)N1. The number of carbonyl (C=O) groups excluding carboxylic acids is 6. The van der Waals surface area contributed by atoms with Crippen molar-refractivity contribution in [3.8, 4) is 22.3 Å². The number of rotatable bonds is 6. The number of hydrogen-bond acceptors (Lipinski definition) is 9. The first kappa shape index (κ1) is 31.5. The highest BCUT2D eigenvalue weighted by molar-refractivity contribution is 6.12. The lowest BCUT2D eigenvalue weighted by Gasteiger charge is -2.16. The van der Waals surface area contributed by atoms with E-state index in [9.17, 15) is 28.8 Å². The summed E-state index contributed by atoms with van der Waals surface area (Å²) in [5.74, 6) is -3.89. The Morgan fingerprint density at radius 3 is 1.43 bits per heavy atom. The van der Waals surface area contributed by atoms with Crippen LogP contribution < -0.4 is 5.32 Å². The van der Waals surface area contributed by atoms with E-state index in [4.69, 9.17) is 14.3 Å². The monoisotopic (exact) mass is 658 g/mol. The lowest BCUT2D eigenvalue weighted by Crippen LogP contribution is -2.32. The Hall–Kier alpha value is -6.10. The molecule has 0 radical (unpaired) electrons. The predicted molar refractivity (Wildman–Crippen MR) is 173 cm³/mol. The Kier molecular flexibility index (Phi) is 8.48. The maximum atomic E-state index is 12.1. The molecule has 8 rings (SSSR count). The maximum Gasteiger partial charge on any atom is 0.533 e. The summed E-state index contributed by atoms with van der Waals surface area (Å²) in [6.45, 7) is 0.230. The van der Waals surface area contributed by atoms with Crippen LogP contribution >= 0.6 is 0 Å². The summed E-state index contributed by atoms with van der Waals surface area (Å²) in [7, 11) is 0. The van der Waals surface area contributed by atoms with Crippen LogP contribution in [0.1, 0.15) is 53.4 Å². The van der Waals surface area contributed by atoms with Crippen LogP contribution in [0.3, 0.4) is 0 Å². The zero-order valence-electron chi connectivity index (χ0n) is 26.1. The number of fused-ring (bicyclic) bond motifs is 6. The van der Waals surface area contributed by atoms with Gasteiger partial charge >= 0.3 is 12.1 Å².